The Hall–Kier alpha value is -0.430. The van der Waals surface area contributed by atoms with Crippen LogP contribution in [0.1, 0.15) is 24.6 Å². The van der Waals surface area contributed by atoms with E-state index in [1.807, 2.05) is 24.4 Å². The van der Waals surface area contributed by atoms with Crippen molar-refractivity contribution in [3.05, 3.63) is 22.4 Å². The smallest absolute Gasteiger partial charge is 0.215 e. The van der Waals surface area contributed by atoms with Crippen molar-refractivity contribution in [1.29, 1.82) is 0 Å². The summed E-state index contributed by atoms with van der Waals surface area (Å²) in [6.07, 6.45) is 2.37. The lowest BCUT2D eigenvalue weighted by Gasteiger charge is -2.19. The van der Waals surface area contributed by atoms with E-state index < -0.39 is 10.0 Å². The summed E-state index contributed by atoms with van der Waals surface area (Å²) in [5.74, 6) is 0.197. The molecule has 6 heteroatoms. The molecule has 4 nitrogen and oxygen atoms in total. The van der Waals surface area contributed by atoms with Crippen molar-refractivity contribution < 1.29 is 8.42 Å². The van der Waals surface area contributed by atoms with Gasteiger partial charge in [-0.3, -0.25) is 0 Å². The van der Waals surface area contributed by atoms with E-state index in [1.54, 1.807) is 15.6 Å². The molecular weight excluding hydrogens is 268 g/mol. The molecule has 1 aromatic heterocycles. The van der Waals surface area contributed by atoms with Crippen LogP contribution in [0.5, 0.6) is 0 Å². The number of hydrogen-bond acceptors (Lipinski definition) is 4. The Morgan fingerprint density at radius 2 is 2.28 bits per heavy atom. The van der Waals surface area contributed by atoms with E-state index in [-0.39, 0.29) is 5.75 Å². The summed E-state index contributed by atoms with van der Waals surface area (Å²) in [4.78, 5) is 1.09. The summed E-state index contributed by atoms with van der Waals surface area (Å²) in [6.45, 7) is 3.48. The molecule has 1 heterocycles. The zero-order valence-electron chi connectivity index (χ0n) is 10.6. The fourth-order valence-corrected chi connectivity index (χ4v) is 3.96. The first kappa shape index (κ1) is 14.0. The highest BCUT2D eigenvalue weighted by atomic mass is 32.2. The molecule has 1 saturated carbocycles. The van der Waals surface area contributed by atoms with Gasteiger partial charge in [-0.2, -0.15) is 4.31 Å². The highest BCUT2D eigenvalue weighted by Gasteiger charge is 2.24. The minimum Gasteiger partial charge on any atom is -0.313 e. The molecular formula is C12H20N2O2S2. The van der Waals surface area contributed by atoms with Crippen LogP contribution in [0.15, 0.2) is 17.5 Å². The monoisotopic (exact) mass is 288 g/mol. The molecule has 18 heavy (non-hydrogen) atoms. The third-order valence-corrected chi connectivity index (χ3v) is 5.78. The van der Waals surface area contributed by atoms with Crippen molar-refractivity contribution in [2.45, 2.75) is 32.4 Å². The molecule has 1 aromatic rings. The molecule has 0 saturated heterocycles. The molecule has 2 rings (SSSR count). The second-order valence-electron chi connectivity index (χ2n) is 4.55. The van der Waals surface area contributed by atoms with Crippen LogP contribution in [0, 0.1) is 0 Å². The largest absolute Gasteiger partial charge is 0.313 e. The van der Waals surface area contributed by atoms with Crippen molar-refractivity contribution in [3.63, 3.8) is 0 Å². The average Bonchev–Trinajstić information content (AvgIpc) is 3.01. The third-order valence-electron chi connectivity index (χ3n) is 3.03. The van der Waals surface area contributed by atoms with E-state index in [2.05, 4.69) is 5.32 Å². The second kappa shape index (κ2) is 6.14. The first-order valence-corrected chi connectivity index (χ1v) is 8.84. The maximum absolute atomic E-state index is 12.2. The lowest BCUT2D eigenvalue weighted by atomic mass is 10.4. The molecule has 0 spiro atoms. The lowest BCUT2D eigenvalue weighted by molar-refractivity contribution is 0.425. The zero-order chi connectivity index (χ0) is 13.0. The minimum atomic E-state index is -3.14. The van der Waals surface area contributed by atoms with Crippen molar-refractivity contribution in [3.8, 4) is 0 Å². The summed E-state index contributed by atoms with van der Waals surface area (Å²) < 4.78 is 25.9. The summed E-state index contributed by atoms with van der Waals surface area (Å²) in [7, 11) is -3.14. The molecule has 0 aromatic carbocycles. The van der Waals surface area contributed by atoms with Crippen molar-refractivity contribution in [2.24, 2.45) is 0 Å². The van der Waals surface area contributed by atoms with Crippen LogP contribution in [-0.4, -0.2) is 37.6 Å². The van der Waals surface area contributed by atoms with Gasteiger partial charge < -0.3 is 5.32 Å². The number of hydrogen-bond donors (Lipinski definition) is 1. The molecule has 0 atom stereocenters. The maximum Gasteiger partial charge on any atom is 0.215 e. The molecule has 0 amide bonds. The standard InChI is InChI=1S/C12H20N2O2S2/c1-2-14(10-12-4-3-8-17-12)18(15,16)9-7-13-11-5-6-11/h3-4,8,11,13H,2,5-7,9-10H2,1H3. The normalized spacial score (nSPS) is 16.3. The Kier molecular flexibility index (Phi) is 4.77. The van der Waals surface area contributed by atoms with Gasteiger partial charge in [0, 0.05) is 30.6 Å². The van der Waals surface area contributed by atoms with Gasteiger partial charge >= 0.3 is 0 Å². The summed E-state index contributed by atoms with van der Waals surface area (Å²) >= 11 is 1.60. The average molecular weight is 288 g/mol. The summed E-state index contributed by atoms with van der Waals surface area (Å²) in [5, 5.41) is 5.22. The van der Waals surface area contributed by atoms with Crippen LogP contribution in [-0.2, 0) is 16.6 Å². The van der Waals surface area contributed by atoms with Gasteiger partial charge in [0.25, 0.3) is 0 Å². The molecule has 0 aliphatic heterocycles. The quantitative estimate of drug-likeness (QED) is 0.791. The molecule has 102 valence electrons. The predicted octanol–water partition coefficient (Wildman–Crippen LogP) is 1.65. The number of nitrogens with zero attached hydrogens (tertiary/aromatic N) is 1. The Balaban J connectivity index is 1.87. The van der Waals surface area contributed by atoms with E-state index in [1.165, 1.54) is 12.8 Å². The van der Waals surface area contributed by atoms with Crippen molar-refractivity contribution in [2.75, 3.05) is 18.8 Å². The van der Waals surface area contributed by atoms with Crippen LogP contribution in [0.2, 0.25) is 0 Å². The van der Waals surface area contributed by atoms with Gasteiger partial charge in [-0.15, -0.1) is 11.3 Å². The summed E-state index contributed by atoms with van der Waals surface area (Å²) in [6, 6.07) is 4.49. The number of thiophene rings is 1. The van der Waals surface area contributed by atoms with E-state index in [0.717, 1.165) is 4.88 Å². The van der Waals surface area contributed by atoms with E-state index in [0.29, 0.717) is 25.7 Å². The topological polar surface area (TPSA) is 49.4 Å². The fourth-order valence-electron chi connectivity index (χ4n) is 1.79. The van der Waals surface area contributed by atoms with Gasteiger partial charge in [0.1, 0.15) is 0 Å². The van der Waals surface area contributed by atoms with E-state index in [4.69, 9.17) is 0 Å². The van der Waals surface area contributed by atoms with Gasteiger partial charge in [-0.25, -0.2) is 8.42 Å². The van der Waals surface area contributed by atoms with Crippen molar-refractivity contribution >= 4 is 21.4 Å². The second-order valence-corrected chi connectivity index (χ2v) is 7.67. The van der Waals surface area contributed by atoms with Crippen LogP contribution >= 0.6 is 11.3 Å². The molecule has 1 N–H and O–H groups in total. The van der Waals surface area contributed by atoms with Gasteiger partial charge in [-0.1, -0.05) is 13.0 Å². The van der Waals surface area contributed by atoms with Crippen molar-refractivity contribution in [1.82, 2.24) is 9.62 Å². The third kappa shape index (κ3) is 4.05. The maximum atomic E-state index is 12.2. The predicted molar refractivity (Wildman–Crippen MR) is 75.2 cm³/mol. The van der Waals surface area contributed by atoms with Crippen LogP contribution in [0.4, 0.5) is 0 Å². The minimum absolute atomic E-state index is 0.197. The van der Waals surface area contributed by atoms with Crippen LogP contribution in [0.25, 0.3) is 0 Å². The van der Waals surface area contributed by atoms with Gasteiger partial charge in [0.05, 0.1) is 5.75 Å². The number of sulfonamides is 1. The first-order chi connectivity index (χ1) is 8.62. The van der Waals surface area contributed by atoms with Crippen LogP contribution in [0.3, 0.4) is 0 Å². The SMILES string of the molecule is CCN(Cc1cccs1)S(=O)(=O)CCNC1CC1. The zero-order valence-corrected chi connectivity index (χ0v) is 12.3. The van der Waals surface area contributed by atoms with Crippen LogP contribution < -0.4 is 5.32 Å². The van der Waals surface area contributed by atoms with Gasteiger partial charge in [-0.05, 0) is 24.3 Å². The molecule has 1 fully saturated rings. The van der Waals surface area contributed by atoms with Gasteiger partial charge in [0.15, 0.2) is 0 Å². The molecule has 0 radical (unpaired) electrons. The molecule has 1 aliphatic carbocycles. The fraction of sp³-hybridized carbons (Fsp3) is 0.667. The molecule has 0 unspecified atom stereocenters. The van der Waals surface area contributed by atoms with E-state index in [9.17, 15) is 8.42 Å². The highest BCUT2D eigenvalue weighted by molar-refractivity contribution is 7.89. The van der Waals surface area contributed by atoms with Gasteiger partial charge in [0.2, 0.25) is 10.0 Å². The Morgan fingerprint density at radius 1 is 1.50 bits per heavy atom. The highest BCUT2D eigenvalue weighted by Crippen LogP contribution is 2.18. The Labute approximate surface area is 113 Å². The molecule has 0 bridgehead atoms. The molecule has 1 aliphatic rings. The Bertz CT molecular complexity index is 452. The first-order valence-electron chi connectivity index (χ1n) is 6.35. The summed E-state index contributed by atoms with van der Waals surface area (Å²) in [5.41, 5.74) is 0. The lowest BCUT2D eigenvalue weighted by Crippen LogP contribution is -2.36. The number of nitrogens with one attached hydrogen (secondary N) is 1. The van der Waals surface area contributed by atoms with E-state index >= 15 is 0 Å². The Morgan fingerprint density at radius 3 is 2.83 bits per heavy atom. The number of rotatable bonds is 8.